The molecule has 0 N–H and O–H groups in total. The van der Waals surface area contributed by atoms with E-state index in [9.17, 15) is 9.59 Å². The summed E-state index contributed by atoms with van der Waals surface area (Å²) >= 11 is 0. The average Bonchev–Trinajstić information content (AvgIpc) is 3.09. The summed E-state index contributed by atoms with van der Waals surface area (Å²) in [7, 11) is 0. The Bertz CT molecular complexity index is 990. The number of nitrogens with zero attached hydrogens (tertiary/aromatic N) is 2. The summed E-state index contributed by atoms with van der Waals surface area (Å²) in [6.45, 7) is 6.68. The molecule has 4 rings (SSSR count). The number of carbonyl (C=O) groups is 2. The third-order valence-corrected chi connectivity index (χ3v) is 6.63. The summed E-state index contributed by atoms with van der Waals surface area (Å²) in [5.74, 6) is 1.06. The van der Waals surface area contributed by atoms with Gasteiger partial charge in [0.1, 0.15) is 11.4 Å². The lowest BCUT2D eigenvalue weighted by molar-refractivity contribution is -0.137. The van der Waals surface area contributed by atoms with Crippen LogP contribution < -0.4 is 4.74 Å². The number of hydrogen-bond acceptors (Lipinski definition) is 4. The van der Waals surface area contributed by atoms with Gasteiger partial charge in [-0.15, -0.1) is 0 Å². The van der Waals surface area contributed by atoms with Crippen molar-refractivity contribution < 1.29 is 14.3 Å². The first-order valence-corrected chi connectivity index (χ1v) is 12.2. The molecule has 2 aliphatic heterocycles. The van der Waals surface area contributed by atoms with E-state index in [0.717, 1.165) is 56.5 Å². The van der Waals surface area contributed by atoms with E-state index in [1.165, 1.54) is 10.5 Å². The molecule has 174 valence electrons. The van der Waals surface area contributed by atoms with Crippen molar-refractivity contribution in [2.45, 2.75) is 46.0 Å². The highest BCUT2D eigenvalue weighted by Crippen LogP contribution is 2.35. The predicted molar refractivity (Wildman–Crippen MR) is 131 cm³/mol. The van der Waals surface area contributed by atoms with Crippen molar-refractivity contribution in [1.82, 2.24) is 9.80 Å². The Morgan fingerprint density at radius 2 is 1.61 bits per heavy atom. The van der Waals surface area contributed by atoms with Crippen LogP contribution in [0.3, 0.4) is 0 Å². The summed E-state index contributed by atoms with van der Waals surface area (Å²) < 4.78 is 5.56. The molecule has 1 saturated heterocycles. The first-order valence-electron chi connectivity index (χ1n) is 12.2. The third-order valence-electron chi connectivity index (χ3n) is 6.63. The molecule has 2 amide bonds. The minimum absolute atomic E-state index is 0.140. The van der Waals surface area contributed by atoms with E-state index in [1.807, 2.05) is 37.3 Å². The number of hydrogen-bond donors (Lipinski definition) is 0. The molecule has 0 saturated carbocycles. The van der Waals surface area contributed by atoms with Crippen molar-refractivity contribution in [3.05, 3.63) is 71.4 Å². The zero-order valence-corrected chi connectivity index (χ0v) is 19.8. The molecule has 0 aromatic heterocycles. The van der Waals surface area contributed by atoms with E-state index in [4.69, 9.17) is 4.74 Å². The normalized spacial score (nSPS) is 17.3. The second kappa shape index (κ2) is 10.7. The molecule has 2 aliphatic rings. The van der Waals surface area contributed by atoms with Crippen molar-refractivity contribution in [2.24, 2.45) is 5.92 Å². The molecule has 2 heterocycles. The van der Waals surface area contributed by atoms with Crippen LogP contribution in [-0.2, 0) is 16.0 Å². The molecule has 0 aliphatic carbocycles. The van der Waals surface area contributed by atoms with E-state index in [-0.39, 0.29) is 11.8 Å². The summed E-state index contributed by atoms with van der Waals surface area (Å²) in [4.78, 5) is 30.4. The van der Waals surface area contributed by atoms with Crippen LogP contribution in [0.15, 0.2) is 60.3 Å². The van der Waals surface area contributed by atoms with Crippen LogP contribution in [0.2, 0.25) is 0 Å². The molecule has 5 nitrogen and oxygen atoms in total. The number of likely N-dealkylation sites (tertiary alicyclic amines) is 1. The van der Waals surface area contributed by atoms with Gasteiger partial charge in [-0.3, -0.25) is 14.5 Å². The summed E-state index contributed by atoms with van der Waals surface area (Å²) in [5, 5.41) is 0. The van der Waals surface area contributed by atoms with Crippen molar-refractivity contribution in [1.29, 1.82) is 0 Å². The molecular weight excluding hydrogens is 412 g/mol. The average molecular weight is 447 g/mol. The molecule has 0 radical (unpaired) electrons. The van der Waals surface area contributed by atoms with Gasteiger partial charge in [0, 0.05) is 19.6 Å². The minimum atomic E-state index is -0.168. The lowest BCUT2D eigenvalue weighted by atomic mass is 9.89. The maximum absolute atomic E-state index is 13.4. The van der Waals surface area contributed by atoms with Gasteiger partial charge in [-0.25, -0.2) is 0 Å². The first-order chi connectivity index (χ1) is 16.1. The fraction of sp³-hybridized carbons (Fsp3) is 0.429. The van der Waals surface area contributed by atoms with Crippen LogP contribution in [-0.4, -0.2) is 47.9 Å². The van der Waals surface area contributed by atoms with Gasteiger partial charge in [-0.1, -0.05) is 55.8 Å². The second-order valence-corrected chi connectivity index (χ2v) is 8.92. The van der Waals surface area contributed by atoms with Crippen molar-refractivity contribution in [2.75, 3.05) is 26.2 Å². The van der Waals surface area contributed by atoms with Crippen LogP contribution in [0.4, 0.5) is 0 Å². The largest absolute Gasteiger partial charge is 0.494 e. The Balaban J connectivity index is 1.56. The van der Waals surface area contributed by atoms with Gasteiger partial charge in [-0.05, 0) is 61.8 Å². The Morgan fingerprint density at radius 3 is 2.24 bits per heavy atom. The van der Waals surface area contributed by atoms with Gasteiger partial charge in [0.2, 0.25) is 0 Å². The van der Waals surface area contributed by atoms with Crippen molar-refractivity contribution in [3.8, 4) is 5.75 Å². The molecule has 0 bridgehead atoms. The topological polar surface area (TPSA) is 49.9 Å². The van der Waals surface area contributed by atoms with Gasteiger partial charge in [0.25, 0.3) is 11.8 Å². The van der Waals surface area contributed by atoms with E-state index in [0.29, 0.717) is 30.3 Å². The number of rotatable bonds is 9. The number of ether oxygens (including phenoxy) is 1. The van der Waals surface area contributed by atoms with E-state index >= 15 is 0 Å². The zero-order valence-electron chi connectivity index (χ0n) is 19.8. The predicted octanol–water partition coefficient (Wildman–Crippen LogP) is 4.92. The van der Waals surface area contributed by atoms with E-state index < -0.39 is 0 Å². The standard InChI is InChI=1S/C28H34N2O3/c1-3-5-17-30-27(31)25(23-11-13-24(14-12-23)33-4-2)26(28(30)32)29-18-15-22(16-19-29)20-21-9-7-6-8-10-21/h6-14,22H,3-5,15-20H2,1-2H3. The van der Waals surface area contributed by atoms with Crippen LogP contribution >= 0.6 is 0 Å². The Hall–Kier alpha value is -3.08. The molecule has 0 spiro atoms. The number of piperidine rings is 1. The molecule has 5 heteroatoms. The highest BCUT2D eigenvalue weighted by atomic mass is 16.5. The van der Waals surface area contributed by atoms with Gasteiger partial charge < -0.3 is 9.64 Å². The number of unbranched alkanes of at least 4 members (excludes halogenated alkanes) is 1. The first kappa shape index (κ1) is 23.1. The van der Waals surface area contributed by atoms with E-state index in [2.05, 4.69) is 36.1 Å². The summed E-state index contributed by atoms with van der Waals surface area (Å²) in [6.07, 6.45) is 4.86. The fourth-order valence-corrected chi connectivity index (χ4v) is 4.83. The van der Waals surface area contributed by atoms with Crippen LogP contribution in [0, 0.1) is 5.92 Å². The van der Waals surface area contributed by atoms with E-state index in [1.54, 1.807) is 0 Å². The number of carbonyl (C=O) groups excluding carboxylic acids is 2. The molecule has 2 aromatic carbocycles. The highest BCUT2D eigenvalue weighted by Gasteiger charge is 2.41. The maximum atomic E-state index is 13.4. The molecular formula is C28H34N2O3. The molecule has 33 heavy (non-hydrogen) atoms. The van der Waals surface area contributed by atoms with Gasteiger partial charge in [0.15, 0.2) is 0 Å². The minimum Gasteiger partial charge on any atom is -0.494 e. The molecule has 0 atom stereocenters. The maximum Gasteiger partial charge on any atom is 0.277 e. The molecule has 1 fully saturated rings. The third kappa shape index (κ3) is 5.13. The SMILES string of the molecule is CCCCN1C(=O)C(c2ccc(OCC)cc2)=C(N2CCC(Cc3ccccc3)CC2)C1=O. The van der Waals surface area contributed by atoms with Gasteiger partial charge >= 0.3 is 0 Å². The smallest absolute Gasteiger partial charge is 0.277 e. The summed E-state index contributed by atoms with van der Waals surface area (Å²) in [6, 6.07) is 18.2. The van der Waals surface area contributed by atoms with Crippen LogP contribution in [0.25, 0.3) is 5.57 Å². The quantitative estimate of drug-likeness (QED) is 0.513. The lowest BCUT2D eigenvalue weighted by Crippen LogP contribution is -2.39. The summed E-state index contributed by atoms with van der Waals surface area (Å²) in [5.41, 5.74) is 3.28. The Labute approximate surface area is 197 Å². The zero-order chi connectivity index (χ0) is 23.2. The monoisotopic (exact) mass is 446 g/mol. The highest BCUT2D eigenvalue weighted by molar-refractivity contribution is 6.35. The van der Waals surface area contributed by atoms with Gasteiger partial charge in [-0.2, -0.15) is 0 Å². The van der Waals surface area contributed by atoms with Gasteiger partial charge in [0.05, 0.1) is 12.2 Å². The molecule has 0 unspecified atom stereocenters. The Morgan fingerprint density at radius 1 is 0.909 bits per heavy atom. The number of imide groups is 1. The van der Waals surface area contributed by atoms with Crippen molar-refractivity contribution in [3.63, 3.8) is 0 Å². The molecule has 2 aromatic rings. The fourth-order valence-electron chi connectivity index (χ4n) is 4.83. The number of amides is 2. The van der Waals surface area contributed by atoms with Crippen LogP contribution in [0.1, 0.15) is 50.7 Å². The number of benzene rings is 2. The van der Waals surface area contributed by atoms with Crippen LogP contribution in [0.5, 0.6) is 5.75 Å². The lowest BCUT2D eigenvalue weighted by Gasteiger charge is -2.34. The Kier molecular flexibility index (Phi) is 7.48. The second-order valence-electron chi connectivity index (χ2n) is 8.92. The van der Waals surface area contributed by atoms with Crippen molar-refractivity contribution >= 4 is 17.4 Å².